The molecule has 0 bridgehead atoms. The van der Waals surface area contributed by atoms with Gasteiger partial charge in [0.1, 0.15) is 11.6 Å². The smallest absolute Gasteiger partial charge is 0.254 e. The van der Waals surface area contributed by atoms with E-state index in [0.717, 1.165) is 16.6 Å². The van der Waals surface area contributed by atoms with Gasteiger partial charge in [-0.2, -0.15) is 5.10 Å². The van der Waals surface area contributed by atoms with Crippen LogP contribution < -0.4 is 4.74 Å². The van der Waals surface area contributed by atoms with Gasteiger partial charge >= 0.3 is 0 Å². The molecule has 39 heavy (non-hydrogen) atoms. The van der Waals surface area contributed by atoms with Crippen LogP contribution in [0.2, 0.25) is 0 Å². The highest BCUT2D eigenvalue weighted by Crippen LogP contribution is 2.70. The van der Waals surface area contributed by atoms with Crippen LogP contribution in [-0.4, -0.2) is 40.8 Å². The summed E-state index contributed by atoms with van der Waals surface area (Å²) in [6.07, 6.45) is 1.88. The van der Waals surface area contributed by atoms with E-state index in [9.17, 15) is 9.18 Å². The van der Waals surface area contributed by atoms with Crippen LogP contribution in [0.5, 0.6) is 5.75 Å². The van der Waals surface area contributed by atoms with E-state index in [1.165, 1.54) is 28.8 Å². The molecule has 0 spiro atoms. The summed E-state index contributed by atoms with van der Waals surface area (Å²) in [5.74, 6) is 1.12. The summed E-state index contributed by atoms with van der Waals surface area (Å²) in [4.78, 5) is 15.6. The molecule has 2 aliphatic rings. The molecule has 0 radical (unpaired) electrons. The van der Waals surface area contributed by atoms with Crippen molar-refractivity contribution in [1.82, 2.24) is 14.7 Å². The van der Waals surface area contributed by atoms with Crippen LogP contribution in [-0.2, 0) is 5.41 Å². The number of ether oxygens (including phenoxy) is 1. The fourth-order valence-electron chi connectivity index (χ4n) is 6.82. The number of fused-ring (bicyclic) bond motifs is 2. The fourth-order valence-corrected chi connectivity index (χ4v) is 6.82. The molecular weight excluding hydrogens is 489 g/mol. The molecule has 1 saturated carbocycles. The van der Waals surface area contributed by atoms with Gasteiger partial charge in [0.25, 0.3) is 5.91 Å². The van der Waals surface area contributed by atoms with Crippen LogP contribution >= 0.6 is 0 Å². The maximum atomic E-state index is 13.6. The highest BCUT2D eigenvalue weighted by atomic mass is 19.1. The Morgan fingerprint density at radius 2 is 1.79 bits per heavy atom. The van der Waals surface area contributed by atoms with E-state index < -0.39 is 0 Å². The zero-order valence-corrected chi connectivity index (χ0v) is 21.8. The number of hydrogen-bond donors (Lipinski definition) is 0. The molecule has 2 fully saturated rings. The average Bonchev–Trinajstić information content (AvgIpc) is 3.23. The molecule has 1 saturated heterocycles. The standard InChI is InChI=1S/C33H28FN3O2/c1-21-15-30-24(18-35-37(30)26-13-11-25(34)12-14-26)17-28(21)33-20-36(32(38)23-9-6-10-27(16-23)39-2)19-29(33)31(33)22-7-4-3-5-8-22/h3-18,29,31H,19-20H2,1-2H3/t29-,31-,33+/m0/s1. The molecule has 6 heteroatoms. The average molecular weight is 518 g/mol. The summed E-state index contributed by atoms with van der Waals surface area (Å²) in [5.41, 5.74) is 6.05. The molecule has 4 aromatic carbocycles. The number of halogens is 1. The minimum absolute atomic E-state index is 0.0372. The Morgan fingerprint density at radius 3 is 2.56 bits per heavy atom. The predicted octanol–water partition coefficient (Wildman–Crippen LogP) is 6.29. The number of hydrogen-bond acceptors (Lipinski definition) is 3. The largest absolute Gasteiger partial charge is 0.497 e. The minimum atomic E-state index is -0.270. The zero-order chi connectivity index (χ0) is 26.7. The second-order valence-corrected chi connectivity index (χ2v) is 10.7. The lowest BCUT2D eigenvalue weighted by Gasteiger charge is -2.26. The van der Waals surface area contributed by atoms with Crippen molar-refractivity contribution in [3.05, 3.63) is 125 Å². The Bertz CT molecular complexity index is 1710. The third-order valence-corrected chi connectivity index (χ3v) is 8.63. The van der Waals surface area contributed by atoms with Gasteiger partial charge in [0, 0.05) is 35.4 Å². The number of benzene rings is 4. The van der Waals surface area contributed by atoms with Gasteiger partial charge in [-0.05, 0) is 84.1 Å². The molecule has 0 N–H and O–H groups in total. The highest BCUT2D eigenvalue weighted by molar-refractivity contribution is 5.95. The van der Waals surface area contributed by atoms with E-state index in [2.05, 4.69) is 48.4 Å². The Kier molecular flexibility index (Phi) is 5.34. The molecule has 0 unspecified atom stereocenters. The van der Waals surface area contributed by atoms with Crippen molar-refractivity contribution in [3.63, 3.8) is 0 Å². The first-order valence-electron chi connectivity index (χ1n) is 13.2. The normalized spacial score (nSPS) is 21.7. The van der Waals surface area contributed by atoms with Crippen LogP contribution in [0.25, 0.3) is 16.6 Å². The van der Waals surface area contributed by atoms with Crippen molar-refractivity contribution in [1.29, 1.82) is 0 Å². The number of rotatable bonds is 5. The predicted molar refractivity (Wildman–Crippen MR) is 149 cm³/mol. The maximum absolute atomic E-state index is 13.6. The topological polar surface area (TPSA) is 47.4 Å². The van der Waals surface area contributed by atoms with Crippen molar-refractivity contribution in [2.45, 2.75) is 18.3 Å². The monoisotopic (exact) mass is 517 g/mol. The maximum Gasteiger partial charge on any atom is 0.254 e. The second-order valence-electron chi connectivity index (χ2n) is 10.7. The van der Waals surface area contributed by atoms with Crippen molar-refractivity contribution in [2.24, 2.45) is 5.92 Å². The number of likely N-dealkylation sites (tertiary alicyclic amines) is 1. The lowest BCUT2D eigenvalue weighted by molar-refractivity contribution is 0.0768. The SMILES string of the molecule is COc1cccc(C(=O)N2C[C@H]3[C@H](c4ccccc4)[C@@]3(c3cc4cnn(-c5ccc(F)cc5)c4cc3C)C2)c1. The number of methoxy groups -OCH3 is 1. The van der Waals surface area contributed by atoms with Gasteiger partial charge < -0.3 is 9.64 Å². The van der Waals surface area contributed by atoms with Crippen LogP contribution in [0.15, 0.2) is 97.2 Å². The van der Waals surface area contributed by atoms with E-state index in [-0.39, 0.29) is 17.1 Å². The van der Waals surface area contributed by atoms with Crippen molar-refractivity contribution < 1.29 is 13.9 Å². The number of aromatic nitrogens is 2. The van der Waals surface area contributed by atoms with E-state index >= 15 is 0 Å². The number of nitrogens with zero attached hydrogens (tertiary/aromatic N) is 3. The molecule has 1 amide bonds. The molecule has 2 heterocycles. The van der Waals surface area contributed by atoms with Gasteiger partial charge in [0.05, 0.1) is 24.5 Å². The van der Waals surface area contributed by atoms with Crippen LogP contribution in [0, 0.1) is 18.7 Å². The van der Waals surface area contributed by atoms with E-state index in [1.54, 1.807) is 19.2 Å². The Hall–Kier alpha value is -4.45. The summed E-state index contributed by atoms with van der Waals surface area (Å²) in [6, 6.07) is 28.9. The molecule has 1 aliphatic heterocycles. The quantitative estimate of drug-likeness (QED) is 0.275. The third kappa shape index (κ3) is 3.66. The number of amides is 1. The Morgan fingerprint density at radius 1 is 1.00 bits per heavy atom. The number of aryl methyl sites for hydroxylation is 1. The molecule has 1 aromatic heterocycles. The van der Waals surface area contributed by atoms with E-state index in [1.807, 2.05) is 46.1 Å². The fraction of sp³-hybridized carbons (Fsp3) is 0.212. The van der Waals surface area contributed by atoms with Crippen LogP contribution in [0.1, 0.15) is 33.0 Å². The second kappa shape index (κ2) is 8.80. The Balaban J connectivity index is 1.29. The van der Waals surface area contributed by atoms with E-state index in [4.69, 9.17) is 4.74 Å². The first kappa shape index (κ1) is 23.7. The molecule has 7 rings (SSSR count). The number of carbonyl (C=O) groups is 1. The number of piperidine rings is 1. The molecule has 1 aliphatic carbocycles. The minimum Gasteiger partial charge on any atom is -0.497 e. The highest BCUT2D eigenvalue weighted by Gasteiger charge is 2.70. The third-order valence-electron chi connectivity index (χ3n) is 8.63. The molecule has 5 nitrogen and oxygen atoms in total. The molecule has 3 atom stereocenters. The first-order chi connectivity index (χ1) is 19.0. The van der Waals surface area contributed by atoms with Crippen LogP contribution in [0.4, 0.5) is 4.39 Å². The summed E-state index contributed by atoms with van der Waals surface area (Å²) in [6.45, 7) is 3.52. The van der Waals surface area contributed by atoms with Gasteiger partial charge in [-0.25, -0.2) is 9.07 Å². The van der Waals surface area contributed by atoms with Gasteiger partial charge in [0.2, 0.25) is 0 Å². The lowest BCUT2D eigenvalue weighted by Crippen LogP contribution is -2.34. The summed E-state index contributed by atoms with van der Waals surface area (Å²) in [7, 11) is 1.62. The lowest BCUT2D eigenvalue weighted by atomic mass is 9.86. The van der Waals surface area contributed by atoms with Crippen molar-refractivity contribution in [3.8, 4) is 11.4 Å². The van der Waals surface area contributed by atoms with Gasteiger partial charge in [0.15, 0.2) is 0 Å². The van der Waals surface area contributed by atoms with Crippen LogP contribution in [0.3, 0.4) is 0 Å². The van der Waals surface area contributed by atoms with Crippen molar-refractivity contribution in [2.75, 3.05) is 20.2 Å². The van der Waals surface area contributed by atoms with Gasteiger partial charge in [-0.3, -0.25) is 4.79 Å². The molecular formula is C33H28FN3O2. The van der Waals surface area contributed by atoms with E-state index in [0.29, 0.717) is 36.2 Å². The van der Waals surface area contributed by atoms with Gasteiger partial charge in [-0.1, -0.05) is 36.4 Å². The summed E-state index contributed by atoms with van der Waals surface area (Å²) < 4.78 is 20.7. The first-order valence-corrected chi connectivity index (χ1v) is 13.2. The molecule has 194 valence electrons. The molecule has 5 aromatic rings. The van der Waals surface area contributed by atoms with Crippen molar-refractivity contribution >= 4 is 16.8 Å². The summed E-state index contributed by atoms with van der Waals surface area (Å²) >= 11 is 0. The Labute approximate surface area is 226 Å². The number of carbonyl (C=O) groups excluding carboxylic acids is 1. The van der Waals surface area contributed by atoms with Gasteiger partial charge in [-0.15, -0.1) is 0 Å². The zero-order valence-electron chi connectivity index (χ0n) is 21.8. The summed E-state index contributed by atoms with van der Waals surface area (Å²) in [5, 5.41) is 5.67.